The predicted octanol–water partition coefficient (Wildman–Crippen LogP) is 1.11. The molecule has 0 atom stereocenters. The fourth-order valence-corrected chi connectivity index (χ4v) is 2.68. The third kappa shape index (κ3) is 7.07. The molecule has 0 bridgehead atoms. The second kappa shape index (κ2) is 11.1. The van der Waals surface area contributed by atoms with Gasteiger partial charge in [0.1, 0.15) is 0 Å². The molecule has 1 heterocycles. The predicted molar refractivity (Wildman–Crippen MR) is 93.9 cm³/mol. The maximum absolute atomic E-state index is 11.7. The van der Waals surface area contributed by atoms with Crippen LogP contribution in [0.25, 0.3) is 0 Å². The Morgan fingerprint density at radius 1 is 1.26 bits per heavy atom. The molecule has 0 aromatic heterocycles. The average molecular weight is 327 g/mol. The van der Waals surface area contributed by atoms with Crippen LogP contribution in [0.1, 0.15) is 33.6 Å². The number of carbonyl (C=O) groups excluding carboxylic acids is 1. The Labute approximate surface area is 140 Å². The van der Waals surface area contributed by atoms with Gasteiger partial charge in [0.2, 0.25) is 0 Å². The molecular weight excluding hydrogens is 294 g/mol. The standard InChI is InChI=1S/C16H33N5O2/c1-5-20(6-2)13-10-18-15(17-4)19-14-8-11-21(12-9-14)16(22)23-7-3/h14H,5-13H2,1-4H3,(H2,17,18,19). The summed E-state index contributed by atoms with van der Waals surface area (Å²) in [7, 11) is 1.79. The van der Waals surface area contributed by atoms with Gasteiger partial charge in [-0.3, -0.25) is 4.99 Å². The fourth-order valence-electron chi connectivity index (χ4n) is 2.68. The van der Waals surface area contributed by atoms with Crippen LogP contribution in [0.3, 0.4) is 0 Å². The Hall–Kier alpha value is -1.50. The molecule has 0 spiro atoms. The minimum Gasteiger partial charge on any atom is -0.450 e. The van der Waals surface area contributed by atoms with Crippen LogP contribution in [0.2, 0.25) is 0 Å². The van der Waals surface area contributed by atoms with Crippen molar-refractivity contribution in [2.45, 2.75) is 39.7 Å². The van der Waals surface area contributed by atoms with E-state index in [0.717, 1.165) is 58.1 Å². The van der Waals surface area contributed by atoms with Gasteiger partial charge in [-0.2, -0.15) is 0 Å². The van der Waals surface area contributed by atoms with Gasteiger partial charge in [-0.05, 0) is 32.9 Å². The van der Waals surface area contributed by atoms with E-state index in [0.29, 0.717) is 12.6 Å². The molecule has 2 N–H and O–H groups in total. The molecule has 1 fully saturated rings. The zero-order valence-corrected chi connectivity index (χ0v) is 15.1. The largest absolute Gasteiger partial charge is 0.450 e. The summed E-state index contributed by atoms with van der Waals surface area (Å²) < 4.78 is 5.04. The van der Waals surface area contributed by atoms with E-state index < -0.39 is 0 Å². The summed E-state index contributed by atoms with van der Waals surface area (Å²) >= 11 is 0. The zero-order chi connectivity index (χ0) is 17.1. The quantitative estimate of drug-likeness (QED) is 0.542. The highest BCUT2D eigenvalue weighted by atomic mass is 16.6. The third-order valence-electron chi connectivity index (χ3n) is 4.20. The summed E-state index contributed by atoms with van der Waals surface area (Å²) in [6.07, 6.45) is 1.62. The maximum atomic E-state index is 11.7. The third-order valence-corrected chi connectivity index (χ3v) is 4.20. The molecule has 7 nitrogen and oxygen atoms in total. The maximum Gasteiger partial charge on any atom is 0.409 e. The molecule has 0 aromatic rings. The highest BCUT2D eigenvalue weighted by Gasteiger charge is 2.23. The van der Waals surface area contributed by atoms with Crippen LogP contribution in [0, 0.1) is 0 Å². The molecule has 1 saturated heterocycles. The lowest BCUT2D eigenvalue weighted by molar-refractivity contribution is 0.0963. The van der Waals surface area contributed by atoms with Crippen LogP contribution in [0.5, 0.6) is 0 Å². The van der Waals surface area contributed by atoms with E-state index in [4.69, 9.17) is 4.74 Å². The van der Waals surface area contributed by atoms with Crippen LogP contribution >= 0.6 is 0 Å². The summed E-state index contributed by atoms with van der Waals surface area (Å²) in [4.78, 5) is 20.1. The van der Waals surface area contributed by atoms with Gasteiger partial charge >= 0.3 is 6.09 Å². The first-order valence-electron chi connectivity index (χ1n) is 8.75. The number of nitrogens with zero attached hydrogens (tertiary/aromatic N) is 3. The van der Waals surface area contributed by atoms with E-state index in [1.807, 2.05) is 6.92 Å². The lowest BCUT2D eigenvalue weighted by Gasteiger charge is -2.32. The second-order valence-electron chi connectivity index (χ2n) is 5.63. The Morgan fingerprint density at radius 2 is 1.91 bits per heavy atom. The molecule has 0 aliphatic carbocycles. The van der Waals surface area contributed by atoms with Gasteiger partial charge in [0.25, 0.3) is 0 Å². The molecule has 7 heteroatoms. The molecule has 23 heavy (non-hydrogen) atoms. The summed E-state index contributed by atoms with van der Waals surface area (Å²) in [6.45, 7) is 12.1. The van der Waals surface area contributed by atoms with Gasteiger partial charge in [0.05, 0.1) is 6.61 Å². The van der Waals surface area contributed by atoms with Gasteiger partial charge in [-0.25, -0.2) is 4.79 Å². The van der Waals surface area contributed by atoms with Crippen molar-refractivity contribution >= 4 is 12.1 Å². The first-order chi connectivity index (χ1) is 11.1. The Morgan fingerprint density at radius 3 is 2.43 bits per heavy atom. The second-order valence-corrected chi connectivity index (χ2v) is 5.63. The van der Waals surface area contributed by atoms with Crippen molar-refractivity contribution in [3.05, 3.63) is 0 Å². The zero-order valence-electron chi connectivity index (χ0n) is 15.1. The molecule has 1 rings (SSSR count). The summed E-state index contributed by atoms with van der Waals surface area (Å²) in [6, 6.07) is 0.348. The van der Waals surface area contributed by atoms with Crippen molar-refractivity contribution in [3.8, 4) is 0 Å². The molecule has 134 valence electrons. The van der Waals surface area contributed by atoms with Crippen LogP contribution in [-0.2, 0) is 4.74 Å². The van der Waals surface area contributed by atoms with Gasteiger partial charge in [0, 0.05) is 39.3 Å². The number of hydrogen-bond acceptors (Lipinski definition) is 4. The van der Waals surface area contributed by atoms with Crippen molar-refractivity contribution in [2.24, 2.45) is 4.99 Å². The SMILES string of the molecule is CCOC(=O)N1CCC(NC(=NC)NCCN(CC)CC)CC1. The topological polar surface area (TPSA) is 69.2 Å². The summed E-state index contributed by atoms with van der Waals surface area (Å²) in [5.74, 6) is 0.840. The molecule has 1 aliphatic rings. The average Bonchev–Trinajstić information content (AvgIpc) is 2.58. The number of piperidine rings is 1. The molecule has 1 amide bonds. The number of likely N-dealkylation sites (tertiary alicyclic amines) is 1. The van der Waals surface area contributed by atoms with Crippen molar-refractivity contribution < 1.29 is 9.53 Å². The highest BCUT2D eigenvalue weighted by Crippen LogP contribution is 2.11. The number of nitrogens with one attached hydrogen (secondary N) is 2. The molecule has 1 aliphatic heterocycles. The van der Waals surface area contributed by atoms with Gasteiger partial charge in [-0.15, -0.1) is 0 Å². The monoisotopic (exact) mass is 327 g/mol. The van der Waals surface area contributed by atoms with Gasteiger partial charge in [0.15, 0.2) is 5.96 Å². The Kier molecular flexibility index (Phi) is 9.43. The van der Waals surface area contributed by atoms with Crippen LogP contribution in [0.15, 0.2) is 4.99 Å². The van der Waals surface area contributed by atoms with Crippen LogP contribution < -0.4 is 10.6 Å². The van der Waals surface area contributed by atoms with E-state index in [9.17, 15) is 4.79 Å². The molecule has 0 saturated carbocycles. The number of carbonyl (C=O) groups is 1. The number of hydrogen-bond donors (Lipinski definition) is 2. The van der Waals surface area contributed by atoms with Gasteiger partial charge in [-0.1, -0.05) is 13.8 Å². The number of likely N-dealkylation sites (N-methyl/N-ethyl adjacent to an activating group) is 1. The number of ether oxygens (including phenoxy) is 1. The van der Waals surface area contributed by atoms with Gasteiger partial charge < -0.3 is 25.2 Å². The van der Waals surface area contributed by atoms with E-state index in [2.05, 4.69) is 34.4 Å². The van der Waals surface area contributed by atoms with Crippen molar-refractivity contribution in [2.75, 3.05) is 52.9 Å². The number of aliphatic imine (C=N–C) groups is 1. The highest BCUT2D eigenvalue weighted by molar-refractivity contribution is 5.80. The number of amides is 1. The first-order valence-corrected chi connectivity index (χ1v) is 8.75. The first kappa shape index (κ1) is 19.5. The smallest absolute Gasteiger partial charge is 0.409 e. The van der Waals surface area contributed by atoms with Crippen molar-refractivity contribution in [1.29, 1.82) is 0 Å². The molecule has 0 aromatic carbocycles. The number of guanidine groups is 1. The lowest BCUT2D eigenvalue weighted by Crippen LogP contribution is -2.50. The van der Waals surface area contributed by atoms with E-state index in [-0.39, 0.29) is 6.09 Å². The lowest BCUT2D eigenvalue weighted by atomic mass is 10.1. The normalized spacial score (nSPS) is 16.6. The van der Waals surface area contributed by atoms with E-state index >= 15 is 0 Å². The van der Waals surface area contributed by atoms with Crippen molar-refractivity contribution in [3.63, 3.8) is 0 Å². The Balaban J connectivity index is 2.28. The Bertz CT molecular complexity index is 363. The van der Waals surface area contributed by atoms with Crippen LogP contribution in [-0.4, -0.2) is 80.8 Å². The fraction of sp³-hybridized carbons (Fsp3) is 0.875. The molecule has 0 radical (unpaired) electrons. The summed E-state index contributed by atoms with van der Waals surface area (Å²) in [5.41, 5.74) is 0. The molecule has 0 unspecified atom stereocenters. The minimum absolute atomic E-state index is 0.201. The summed E-state index contributed by atoms with van der Waals surface area (Å²) in [5, 5.41) is 6.81. The number of rotatable bonds is 7. The van der Waals surface area contributed by atoms with Crippen LogP contribution in [0.4, 0.5) is 4.79 Å². The van der Waals surface area contributed by atoms with Crippen molar-refractivity contribution in [1.82, 2.24) is 20.4 Å². The molecular formula is C16H33N5O2. The minimum atomic E-state index is -0.201. The van der Waals surface area contributed by atoms with E-state index in [1.54, 1.807) is 11.9 Å². The van der Waals surface area contributed by atoms with E-state index in [1.165, 1.54) is 0 Å².